The number of nitrogens with zero attached hydrogens (tertiary/aromatic N) is 1. The molecule has 2 aliphatic heterocycles. The van der Waals surface area contributed by atoms with Gasteiger partial charge in [-0.05, 0) is 50.3 Å². The van der Waals surface area contributed by atoms with Crippen LogP contribution in [0.4, 0.5) is 10.5 Å². The van der Waals surface area contributed by atoms with Crippen LogP contribution in [0.15, 0.2) is 24.3 Å². The second kappa shape index (κ2) is 6.63. The van der Waals surface area contributed by atoms with E-state index in [0.29, 0.717) is 29.3 Å². The molecule has 5 heteroatoms. The molecule has 0 radical (unpaired) electrons. The summed E-state index contributed by atoms with van der Waals surface area (Å²) in [6, 6.07) is 8.03. The monoisotopic (exact) mass is 330 g/mol. The maximum Gasteiger partial charge on any atom is 0.412 e. The van der Waals surface area contributed by atoms with Crippen molar-refractivity contribution in [2.45, 2.75) is 44.2 Å². The fourth-order valence-corrected chi connectivity index (χ4v) is 4.91. The number of rotatable bonds is 3. The minimum absolute atomic E-state index is 0.0535. The number of amides is 1. The summed E-state index contributed by atoms with van der Waals surface area (Å²) in [6.07, 6.45) is 5.80. The summed E-state index contributed by atoms with van der Waals surface area (Å²) >= 11 is 0. The molecule has 0 aromatic heterocycles. The van der Waals surface area contributed by atoms with Crippen molar-refractivity contribution in [1.29, 1.82) is 0 Å². The largest absolute Gasteiger partial charge is 0.495 e. The lowest BCUT2D eigenvalue weighted by atomic mass is 9.84. The van der Waals surface area contributed by atoms with Crippen LogP contribution in [0.2, 0.25) is 0 Å². The highest BCUT2D eigenvalue weighted by atomic mass is 16.6. The first kappa shape index (κ1) is 15.8. The predicted octanol–water partition coefficient (Wildman–Crippen LogP) is 3.51. The predicted molar refractivity (Wildman–Crippen MR) is 92.3 cm³/mol. The van der Waals surface area contributed by atoms with Gasteiger partial charge in [-0.3, -0.25) is 10.2 Å². The van der Waals surface area contributed by atoms with Gasteiger partial charge in [0.2, 0.25) is 0 Å². The summed E-state index contributed by atoms with van der Waals surface area (Å²) in [6.45, 7) is 2.41. The number of carbonyl (C=O) groups excluding carboxylic acids is 1. The lowest BCUT2D eigenvalue weighted by molar-refractivity contribution is 0.0181. The van der Waals surface area contributed by atoms with Crippen LogP contribution in [0.25, 0.3) is 0 Å². The molecule has 3 fully saturated rings. The third kappa shape index (κ3) is 2.97. The zero-order valence-corrected chi connectivity index (χ0v) is 14.2. The van der Waals surface area contributed by atoms with Crippen LogP contribution in [0.5, 0.6) is 5.75 Å². The van der Waals surface area contributed by atoms with Gasteiger partial charge in [0.15, 0.2) is 0 Å². The van der Waals surface area contributed by atoms with E-state index in [1.54, 1.807) is 7.11 Å². The molecule has 1 saturated carbocycles. The Morgan fingerprint density at radius 1 is 1.25 bits per heavy atom. The Bertz CT molecular complexity index is 606. The van der Waals surface area contributed by atoms with Crippen LogP contribution in [-0.4, -0.2) is 43.3 Å². The maximum atomic E-state index is 12.4. The van der Waals surface area contributed by atoms with Gasteiger partial charge in [0, 0.05) is 18.5 Å². The van der Waals surface area contributed by atoms with E-state index in [9.17, 15) is 4.79 Å². The number of fused-ring (bicyclic) bond motifs is 4. The lowest BCUT2D eigenvalue weighted by Gasteiger charge is -2.43. The fourth-order valence-electron chi connectivity index (χ4n) is 4.91. The Balaban J connectivity index is 1.41. The Morgan fingerprint density at radius 2 is 2.12 bits per heavy atom. The molecule has 0 unspecified atom stereocenters. The number of benzene rings is 1. The first-order valence-corrected chi connectivity index (χ1v) is 9.09. The van der Waals surface area contributed by atoms with Crippen LogP contribution in [0, 0.1) is 11.8 Å². The lowest BCUT2D eigenvalue weighted by Crippen LogP contribution is -2.49. The van der Waals surface area contributed by atoms with E-state index >= 15 is 0 Å². The summed E-state index contributed by atoms with van der Waals surface area (Å²) in [5.41, 5.74) is 0.658. The molecule has 2 heterocycles. The molecule has 2 bridgehead atoms. The van der Waals surface area contributed by atoms with Gasteiger partial charge in [-0.25, -0.2) is 4.79 Å². The fraction of sp³-hybridized carbons (Fsp3) is 0.632. The summed E-state index contributed by atoms with van der Waals surface area (Å²) in [4.78, 5) is 15.0. The Labute approximate surface area is 143 Å². The number of nitrogens with one attached hydrogen (secondary N) is 1. The summed E-state index contributed by atoms with van der Waals surface area (Å²) < 4.78 is 11.1. The minimum atomic E-state index is -0.362. The first-order valence-electron chi connectivity index (χ1n) is 9.09. The summed E-state index contributed by atoms with van der Waals surface area (Å²) in [5, 5.41) is 2.84. The van der Waals surface area contributed by atoms with E-state index in [2.05, 4.69) is 10.2 Å². The van der Waals surface area contributed by atoms with Crippen molar-refractivity contribution in [3.05, 3.63) is 24.3 Å². The zero-order chi connectivity index (χ0) is 16.5. The molecule has 130 valence electrons. The number of piperidine rings is 2. The van der Waals surface area contributed by atoms with Gasteiger partial charge in [0.25, 0.3) is 0 Å². The molecule has 1 aliphatic carbocycles. The Morgan fingerprint density at radius 3 is 3.00 bits per heavy atom. The molecular weight excluding hydrogens is 304 g/mol. The van der Waals surface area contributed by atoms with Crippen LogP contribution in [0.1, 0.15) is 32.1 Å². The van der Waals surface area contributed by atoms with Crippen molar-refractivity contribution in [1.82, 2.24) is 4.90 Å². The smallest absolute Gasteiger partial charge is 0.412 e. The molecule has 24 heavy (non-hydrogen) atoms. The van der Waals surface area contributed by atoms with Gasteiger partial charge in [0.1, 0.15) is 11.9 Å². The molecule has 2 saturated heterocycles. The van der Waals surface area contributed by atoms with Gasteiger partial charge in [-0.1, -0.05) is 18.6 Å². The Kier molecular flexibility index (Phi) is 4.35. The van der Waals surface area contributed by atoms with Crippen LogP contribution in [0.3, 0.4) is 0 Å². The van der Waals surface area contributed by atoms with Gasteiger partial charge >= 0.3 is 6.09 Å². The van der Waals surface area contributed by atoms with Crippen LogP contribution in [-0.2, 0) is 4.74 Å². The molecule has 3 aliphatic rings. The number of anilines is 1. The highest BCUT2D eigenvalue weighted by Crippen LogP contribution is 2.45. The topological polar surface area (TPSA) is 50.8 Å². The summed E-state index contributed by atoms with van der Waals surface area (Å²) in [7, 11) is 1.60. The van der Waals surface area contributed by atoms with E-state index < -0.39 is 0 Å². The molecule has 0 spiro atoms. The average molecular weight is 330 g/mol. The van der Waals surface area contributed by atoms with Gasteiger partial charge in [-0.2, -0.15) is 0 Å². The highest BCUT2D eigenvalue weighted by molar-refractivity contribution is 5.86. The molecule has 4 atom stereocenters. The zero-order valence-electron chi connectivity index (χ0n) is 14.2. The first-order chi connectivity index (χ1) is 11.7. The molecular formula is C19H26N2O3. The number of para-hydroxylation sites is 2. The summed E-state index contributed by atoms with van der Waals surface area (Å²) in [5.74, 6) is 1.85. The van der Waals surface area contributed by atoms with Gasteiger partial charge in [0.05, 0.1) is 12.8 Å². The van der Waals surface area contributed by atoms with E-state index in [4.69, 9.17) is 9.47 Å². The van der Waals surface area contributed by atoms with Crippen molar-refractivity contribution in [2.75, 3.05) is 25.5 Å². The second-order valence-corrected chi connectivity index (χ2v) is 7.33. The molecule has 4 rings (SSSR count). The van der Waals surface area contributed by atoms with E-state index in [1.165, 1.54) is 38.8 Å². The van der Waals surface area contributed by atoms with E-state index in [0.717, 1.165) is 6.42 Å². The molecule has 1 aromatic rings. The third-order valence-electron chi connectivity index (χ3n) is 5.90. The van der Waals surface area contributed by atoms with E-state index in [1.807, 2.05) is 24.3 Å². The molecule has 1 amide bonds. The van der Waals surface area contributed by atoms with Crippen molar-refractivity contribution in [3.63, 3.8) is 0 Å². The quantitative estimate of drug-likeness (QED) is 0.921. The number of hydrogen-bond donors (Lipinski definition) is 1. The van der Waals surface area contributed by atoms with Crippen LogP contribution < -0.4 is 10.1 Å². The number of carbonyl (C=O) groups is 1. The van der Waals surface area contributed by atoms with Crippen molar-refractivity contribution in [2.24, 2.45) is 11.8 Å². The number of ether oxygens (including phenoxy) is 2. The molecule has 1 N–H and O–H groups in total. The Hall–Kier alpha value is -1.75. The maximum absolute atomic E-state index is 12.4. The average Bonchev–Trinajstić information content (AvgIpc) is 2.92. The standard InChI is InChI=1S/C19H26N2O3/c1-23-17-8-3-2-6-15(17)20-19(22)24-18-11-13-10-14(18)16-7-4-5-9-21(16)12-13/h2-3,6,8,13-14,16,18H,4-5,7,9-12H2,1H3,(H,20,22)/t13-,14-,16-,18-/m1/s1. The molecule has 5 nitrogen and oxygen atoms in total. The van der Waals surface area contributed by atoms with Gasteiger partial charge < -0.3 is 9.47 Å². The highest BCUT2D eigenvalue weighted by Gasteiger charge is 2.48. The number of hydrogen-bond acceptors (Lipinski definition) is 4. The second-order valence-electron chi connectivity index (χ2n) is 7.33. The molecule has 1 aromatic carbocycles. The number of methoxy groups -OCH3 is 1. The van der Waals surface area contributed by atoms with E-state index in [-0.39, 0.29) is 12.2 Å². The SMILES string of the molecule is COc1ccccc1NC(=O)O[C@@H]1C[C@H]2C[C@@H]1[C@H]1CCCCN1C2. The minimum Gasteiger partial charge on any atom is -0.495 e. The van der Waals surface area contributed by atoms with Crippen molar-refractivity contribution in [3.8, 4) is 5.75 Å². The van der Waals surface area contributed by atoms with Gasteiger partial charge in [-0.15, -0.1) is 0 Å². The van der Waals surface area contributed by atoms with Crippen molar-refractivity contribution < 1.29 is 14.3 Å². The normalized spacial score (nSPS) is 32.0. The van der Waals surface area contributed by atoms with Crippen LogP contribution >= 0.6 is 0 Å². The third-order valence-corrected chi connectivity index (χ3v) is 5.90. The van der Waals surface area contributed by atoms with Crippen molar-refractivity contribution >= 4 is 11.8 Å².